The fourth-order valence-corrected chi connectivity index (χ4v) is 1.28. The van der Waals surface area contributed by atoms with Crippen LogP contribution >= 0.6 is 0 Å². The zero-order chi connectivity index (χ0) is 13.4. The van der Waals surface area contributed by atoms with Crippen LogP contribution in [0.2, 0.25) is 0 Å². The van der Waals surface area contributed by atoms with E-state index in [1.807, 2.05) is 19.1 Å². The summed E-state index contributed by atoms with van der Waals surface area (Å²) in [5.74, 6) is 0. The fraction of sp³-hybridized carbons (Fsp3) is 0.250. The lowest BCUT2D eigenvalue weighted by Crippen LogP contribution is -2.29. The molecule has 0 aromatic heterocycles. The number of urea groups is 1. The molecule has 1 rings (SSSR count). The zero-order valence-electron chi connectivity index (χ0n) is 10.1. The number of allylic oxidation sites excluding steroid dienone is 1. The molecular formula is C12H15N3O3. The van der Waals surface area contributed by atoms with Crippen molar-refractivity contribution in [1.29, 1.82) is 0 Å². The van der Waals surface area contributed by atoms with Crippen molar-refractivity contribution in [3.05, 3.63) is 46.5 Å². The summed E-state index contributed by atoms with van der Waals surface area (Å²) in [6.45, 7) is 2.46. The molecule has 0 bridgehead atoms. The highest BCUT2D eigenvalue weighted by molar-refractivity contribution is 5.89. The quantitative estimate of drug-likeness (QED) is 0.364. The molecule has 1 aromatic carbocycles. The minimum atomic E-state index is -0.485. The molecular weight excluding hydrogens is 234 g/mol. The molecule has 0 saturated carbocycles. The van der Waals surface area contributed by atoms with Gasteiger partial charge in [0.2, 0.25) is 0 Å². The molecule has 0 atom stereocenters. The third-order valence-corrected chi connectivity index (χ3v) is 2.17. The molecule has 6 nitrogen and oxygen atoms in total. The number of hydrogen-bond acceptors (Lipinski definition) is 3. The first-order valence-electron chi connectivity index (χ1n) is 5.54. The predicted octanol–water partition coefficient (Wildman–Crippen LogP) is 2.68. The Morgan fingerprint density at radius 3 is 2.61 bits per heavy atom. The second kappa shape index (κ2) is 7.05. The van der Waals surface area contributed by atoms with E-state index in [-0.39, 0.29) is 11.7 Å². The molecule has 1 aromatic rings. The van der Waals surface area contributed by atoms with Crippen LogP contribution in [0.1, 0.15) is 13.3 Å². The first kappa shape index (κ1) is 13.7. The van der Waals surface area contributed by atoms with Crippen molar-refractivity contribution in [3.63, 3.8) is 0 Å². The van der Waals surface area contributed by atoms with Gasteiger partial charge in [-0.25, -0.2) is 4.79 Å². The number of nitro benzene ring substituents is 1. The Morgan fingerprint density at radius 2 is 2.06 bits per heavy atom. The topological polar surface area (TPSA) is 84.3 Å². The summed E-state index contributed by atoms with van der Waals surface area (Å²) >= 11 is 0. The maximum Gasteiger partial charge on any atom is 0.319 e. The van der Waals surface area contributed by atoms with Crippen LogP contribution in [0.5, 0.6) is 0 Å². The molecule has 96 valence electrons. The Kier molecular flexibility index (Phi) is 5.37. The molecule has 0 heterocycles. The van der Waals surface area contributed by atoms with E-state index < -0.39 is 4.92 Å². The van der Waals surface area contributed by atoms with Gasteiger partial charge in [0.1, 0.15) is 0 Å². The largest absolute Gasteiger partial charge is 0.338 e. The van der Waals surface area contributed by atoms with Crippen molar-refractivity contribution >= 4 is 17.4 Å². The van der Waals surface area contributed by atoms with Crippen LogP contribution in [0.3, 0.4) is 0 Å². The Balaban J connectivity index is 2.42. The van der Waals surface area contributed by atoms with E-state index in [4.69, 9.17) is 0 Å². The second-order valence-electron chi connectivity index (χ2n) is 3.54. The van der Waals surface area contributed by atoms with Crippen molar-refractivity contribution in [2.24, 2.45) is 0 Å². The van der Waals surface area contributed by atoms with Crippen molar-refractivity contribution in [3.8, 4) is 0 Å². The molecule has 0 aliphatic carbocycles. The van der Waals surface area contributed by atoms with Crippen LogP contribution in [0.4, 0.5) is 16.2 Å². The molecule has 6 heteroatoms. The summed E-state index contributed by atoms with van der Waals surface area (Å²) < 4.78 is 0. The molecule has 0 spiro atoms. The van der Waals surface area contributed by atoms with Gasteiger partial charge in [-0.05, 0) is 25.5 Å². The van der Waals surface area contributed by atoms with Gasteiger partial charge in [-0.3, -0.25) is 10.1 Å². The molecule has 2 N–H and O–H groups in total. The summed E-state index contributed by atoms with van der Waals surface area (Å²) in [6.07, 6.45) is 4.63. The van der Waals surface area contributed by atoms with Crippen LogP contribution in [-0.4, -0.2) is 17.5 Å². The summed E-state index contributed by atoms with van der Waals surface area (Å²) in [6, 6.07) is 5.34. The van der Waals surface area contributed by atoms with Gasteiger partial charge in [0.15, 0.2) is 0 Å². The third-order valence-electron chi connectivity index (χ3n) is 2.17. The lowest BCUT2D eigenvalue weighted by Gasteiger charge is -2.06. The average molecular weight is 249 g/mol. The number of rotatable bonds is 5. The summed E-state index contributed by atoms with van der Waals surface area (Å²) in [4.78, 5) is 21.4. The van der Waals surface area contributed by atoms with Crippen molar-refractivity contribution in [2.45, 2.75) is 13.3 Å². The van der Waals surface area contributed by atoms with Gasteiger partial charge >= 0.3 is 6.03 Å². The average Bonchev–Trinajstić information content (AvgIpc) is 2.35. The van der Waals surface area contributed by atoms with E-state index in [0.717, 1.165) is 6.42 Å². The maximum absolute atomic E-state index is 11.4. The van der Waals surface area contributed by atoms with Crippen LogP contribution in [0.15, 0.2) is 36.4 Å². The minimum absolute atomic E-state index is 0.00552. The van der Waals surface area contributed by atoms with Gasteiger partial charge in [-0.2, -0.15) is 0 Å². The monoisotopic (exact) mass is 249 g/mol. The first-order chi connectivity index (χ1) is 8.63. The summed E-state index contributed by atoms with van der Waals surface area (Å²) in [5, 5.41) is 15.7. The molecule has 2 amide bonds. The molecule has 0 fully saturated rings. The Hall–Kier alpha value is -2.37. The number of hydrogen-bond donors (Lipinski definition) is 2. The fourth-order valence-electron chi connectivity index (χ4n) is 1.28. The standard InChI is InChI=1S/C12H15N3O3/c1-2-3-4-9-13-12(16)14-10-5-7-11(8-6-10)15(17)18/h2-3,5-8H,4,9H2,1H3,(H2,13,14,16)/b3-2+. The molecule has 0 aliphatic rings. The lowest BCUT2D eigenvalue weighted by molar-refractivity contribution is -0.384. The van der Waals surface area contributed by atoms with Crippen LogP contribution < -0.4 is 10.6 Å². The number of benzene rings is 1. The maximum atomic E-state index is 11.4. The number of nitrogens with zero attached hydrogens (tertiary/aromatic N) is 1. The summed E-state index contributed by atoms with van der Waals surface area (Å²) in [7, 11) is 0. The van der Waals surface area contributed by atoms with E-state index >= 15 is 0 Å². The van der Waals surface area contributed by atoms with Gasteiger partial charge in [0.05, 0.1) is 4.92 Å². The van der Waals surface area contributed by atoms with Crippen molar-refractivity contribution in [1.82, 2.24) is 5.32 Å². The number of carbonyl (C=O) groups is 1. The van der Waals surface area contributed by atoms with Gasteiger partial charge < -0.3 is 10.6 Å². The van der Waals surface area contributed by atoms with Crippen molar-refractivity contribution < 1.29 is 9.72 Å². The number of nitrogens with one attached hydrogen (secondary N) is 2. The van der Waals surface area contributed by atoms with Crippen LogP contribution in [0, 0.1) is 10.1 Å². The van der Waals surface area contributed by atoms with Gasteiger partial charge in [-0.1, -0.05) is 12.2 Å². The molecule has 0 radical (unpaired) electrons. The highest BCUT2D eigenvalue weighted by Gasteiger charge is 2.05. The normalized spacial score (nSPS) is 10.3. The SMILES string of the molecule is C/C=C/CCNC(=O)Nc1ccc([N+](=O)[O-])cc1. The van der Waals surface area contributed by atoms with E-state index in [9.17, 15) is 14.9 Å². The van der Waals surface area contributed by atoms with Gasteiger partial charge in [0.25, 0.3) is 5.69 Å². The van der Waals surface area contributed by atoms with E-state index in [1.54, 1.807) is 0 Å². The molecule has 18 heavy (non-hydrogen) atoms. The summed E-state index contributed by atoms with van der Waals surface area (Å²) in [5.41, 5.74) is 0.512. The number of nitro groups is 1. The van der Waals surface area contributed by atoms with E-state index in [1.165, 1.54) is 24.3 Å². The molecule has 0 unspecified atom stereocenters. The van der Waals surface area contributed by atoms with E-state index in [0.29, 0.717) is 12.2 Å². The van der Waals surface area contributed by atoms with Gasteiger partial charge in [0, 0.05) is 24.4 Å². The van der Waals surface area contributed by atoms with Crippen molar-refractivity contribution in [2.75, 3.05) is 11.9 Å². The Labute approximate surface area is 105 Å². The highest BCUT2D eigenvalue weighted by atomic mass is 16.6. The molecule has 0 aliphatic heterocycles. The Bertz CT molecular complexity index is 440. The highest BCUT2D eigenvalue weighted by Crippen LogP contribution is 2.14. The second-order valence-corrected chi connectivity index (χ2v) is 3.54. The van der Waals surface area contributed by atoms with E-state index in [2.05, 4.69) is 10.6 Å². The molecule has 0 saturated heterocycles. The van der Waals surface area contributed by atoms with Crippen LogP contribution in [-0.2, 0) is 0 Å². The van der Waals surface area contributed by atoms with Gasteiger partial charge in [-0.15, -0.1) is 0 Å². The third kappa shape index (κ3) is 4.65. The zero-order valence-corrected chi connectivity index (χ0v) is 10.1. The van der Waals surface area contributed by atoms with Crippen LogP contribution in [0.25, 0.3) is 0 Å². The lowest BCUT2D eigenvalue weighted by atomic mass is 10.3. The number of non-ortho nitro benzene ring substituents is 1. The minimum Gasteiger partial charge on any atom is -0.338 e. The first-order valence-corrected chi connectivity index (χ1v) is 5.54. The number of carbonyl (C=O) groups excluding carboxylic acids is 1. The predicted molar refractivity (Wildman–Crippen MR) is 69.5 cm³/mol. The smallest absolute Gasteiger partial charge is 0.319 e. The number of anilines is 1. The number of amides is 2. The Morgan fingerprint density at radius 1 is 1.39 bits per heavy atom.